The van der Waals surface area contributed by atoms with Gasteiger partial charge in [0.15, 0.2) is 0 Å². The molecule has 13 nitrogen and oxygen atoms in total. The summed E-state index contributed by atoms with van der Waals surface area (Å²) in [7, 11) is 1.62. The molecule has 3 aromatic rings. The van der Waals surface area contributed by atoms with Gasteiger partial charge in [0.1, 0.15) is 24.7 Å². The molecule has 40 heavy (non-hydrogen) atoms. The molecule has 0 bridgehead atoms. The summed E-state index contributed by atoms with van der Waals surface area (Å²) in [4.78, 5) is 39.1. The van der Waals surface area contributed by atoms with Gasteiger partial charge in [-0.1, -0.05) is 38.1 Å². The number of anilines is 3. The molecule has 0 spiro atoms. The molecular formula is C27H35N9O4. The number of hydrogen-bond acceptors (Lipinski definition) is 11. The Morgan fingerprint density at radius 2 is 1.40 bits per heavy atom. The maximum Gasteiger partial charge on any atom is 0.343 e. The van der Waals surface area contributed by atoms with E-state index in [2.05, 4.69) is 55.1 Å². The number of aromatic nitrogens is 3. The quantitative estimate of drug-likeness (QED) is 0.208. The minimum absolute atomic E-state index is 0.108. The zero-order chi connectivity index (χ0) is 28.3. The summed E-state index contributed by atoms with van der Waals surface area (Å²) >= 11 is 0. The van der Waals surface area contributed by atoms with Crippen LogP contribution in [0.2, 0.25) is 0 Å². The number of rotatable bonds is 15. The number of hydrazine groups is 1. The third-order valence-corrected chi connectivity index (χ3v) is 6.22. The van der Waals surface area contributed by atoms with Crippen molar-refractivity contribution >= 4 is 29.8 Å². The van der Waals surface area contributed by atoms with Crippen molar-refractivity contribution in [3.8, 4) is 11.5 Å². The molecule has 2 heterocycles. The monoisotopic (exact) mass is 549 g/mol. The highest BCUT2D eigenvalue weighted by atomic mass is 16.5. The lowest BCUT2D eigenvalue weighted by Gasteiger charge is -2.18. The van der Waals surface area contributed by atoms with Gasteiger partial charge >= 0.3 is 6.03 Å². The summed E-state index contributed by atoms with van der Waals surface area (Å²) in [5, 5.41) is 9.69. The molecule has 13 heteroatoms. The fourth-order valence-electron chi connectivity index (χ4n) is 3.88. The van der Waals surface area contributed by atoms with Gasteiger partial charge < -0.3 is 25.0 Å². The van der Waals surface area contributed by atoms with Gasteiger partial charge in [-0.05, 0) is 48.5 Å². The number of carbonyl (C=O) groups is 2. The van der Waals surface area contributed by atoms with Crippen LogP contribution in [0.4, 0.5) is 22.6 Å². The van der Waals surface area contributed by atoms with Crippen LogP contribution in [0.1, 0.15) is 25.0 Å². The van der Waals surface area contributed by atoms with Crippen molar-refractivity contribution in [1.82, 2.24) is 30.2 Å². The molecule has 0 saturated carbocycles. The molecule has 3 amide bonds. The van der Waals surface area contributed by atoms with E-state index < -0.39 is 11.9 Å². The average molecular weight is 550 g/mol. The fraction of sp³-hybridized carbons (Fsp3) is 0.370. The molecule has 4 rings (SSSR count). The van der Waals surface area contributed by atoms with Crippen LogP contribution in [-0.2, 0) is 17.9 Å². The number of hydrogen-bond donors (Lipinski definition) is 4. The number of methoxy groups -OCH3 is 1. The van der Waals surface area contributed by atoms with Crippen LogP contribution >= 0.6 is 0 Å². The highest BCUT2D eigenvalue weighted by Crippen LogP contribution is 2.17. The van der Waals surface area contributed by atoms with Gasteiger partial charge in [0.2, 0.25) is 23.8 Å². The van der Waals surface area contributed by atoms with E-state index in [4.69, 9.17) is 9.47 Å². The van der Waals surface area contributed by atoms with Gasteiger partial charge in [-0.2, -0.15) is 15.0 Å². The van der Waals surface area contributed by atoms with Gasteiger partial charge in [-0.3, -0.25) is 15.5 Å². The van der Waals surface area contributed by atoms with Crippen LogP contribution in [-0.4, -0.2) is 76.7 Å². The van der Waals surface area contributed by atoms with Crippen molar-refractivity contribution in [2.24, 2.45) is 0 Å². The molecular weight excluding hydrogens is 514 g/mol. The van der Waals surface area contributed by atoms with E-state index in [0.29, 0.717) is 31.6 Å². The second-order valence-electron chi connectivity index (χ2n) is 8.93. The third kappa shape index (κ3) is 8.17. The van der Waals surface area contributed by atoms with Crippen molar-refractivity contribution in [2.75, 3.05) is 56.0 Å². The van der Waals surface area contributed by atoms with E-state index in [-0.39, 0.29) is 12.5 Å². The minimum atomic E-state index is -0.577. The van der Waals surface area contributed by atoms with Crippen LogP contribution in [0.5, 0.6) is 11.5 Å². The number of ether oxygens (including phenoxy) is 2. The summed E-state index contributed by atoms with van der Waals surface area (Å²) < 4.78 is 11.1. The van der Waals surface area contributed by atoms with Gasteiger partial charge in [0.05, 0.1) is 7.11 Å². The highest BCUT2D eigenvalue weighted by molar-refractivity contribution is 6.02. The second kappa shape index (κ2) is 13.9. The van der Waals surface area contributed by atoms with Gasteiger partial charge in [0.25, 0.3) is 0 Å². The van der Waals surface area contributed by atoms with Crippen molar-refractivity contribution in [2.45, 2.75) is 26.9 Å². The molecule has 0 unspecified atom stereocenters. The van der Waals surface area contributed by atoms with E-state index in [9.17, 15) is 9.59 Å². The number of likely N-dealkylation sites (N-methyl/N-ethyl adjacent to an activating group) is 1. The lowest BCUT2D eigenvalue weighted by Crippen LogP contribution is -2.34. The maximum atomic E-state index is 12.0. The number of urea groups is 1. The van der Waals surface area contributed by atoms with Crippen LogP contribution < -0.4 is 30.8 Å². The third-order valence-electron chi connectivity index (χ3n) is 6.22. The number of benzene rings is 2. The van der Waals surface area contributed by atoms with Crippen LogP contribution in [0.15, 0.2) is 48.5 Å². The minimum Gasteiger partial charge on any atom is -0.497 e. The first kappa shape index (κ1) is 28.4. The second-order valence-corrected chi connectivity index (χ2v) is 8.93. The average Bonchev–Trinajstić information content (AvgIpc) is 3.29. The molecule has 212 valence electrons. The molecule has 4 N–H and O–H groups in total. The van der Waals surface area contributed by atoms with Crippen molar-refractivity contribution in [3.63, 3.8) is 0 Å². The number of amides is 3. The first-order valence-corrected chi connectivity index (χ1v) is 13.1. The van der Waals surface area contributed by atoms with E-state index in [1.165, 1.54) is 0 Å². The molecule has 1 aliphatic heterocycles. The smallest absolute Gasteiger partial charge is 0.343 e. The number of nitrogens with zero attached hydrogens (tertiary/aromatic N) is 5. The summed E-state index contributed by atoms with van der Waals surface area (Å²) in [5.41, 5.74) is 4.78. The molecule has 0 atom stereocenters. The Labute approximate surface area is 233 Å². The Morgan fingerprint density at radius 3 is 1.90 bits per heavy atom. The van der Waals surface area contributed by atoms with E-state index in [1.807, 2.05) is 48.5 Å². The van der Waals surface area contributed by atoms with Crippen LogP contribution in [0.3, 0.4) is 0 Å². The molecule has 0 aliphatic carbocycles. The summed E-state index contributed by atoms with van der Waals surface area (Å²) in [5.74, 6) is 1.85. The Kier molecular flexibility index (Phi) is 9.88. The molecule has 0 radical (unpaired) electrons. The Hall–Kier alpha value is -4.65. The summed E-state index contributed by atoms with van der Waals surface area (Å²) in [6, 6.07) is 14.8. The molecule has 1 saturated heterocycles. The van der Waals surface area contributed by atoms with E-state index >= 15 is 0 Å². The number of carbonyl (C=O) groups excluding carboxylic acids is 2. The number of imide groups is 1. The van der Waals surface area contributed by atoms with Gasteiger partial charge in [-0.15, -0.1) is 0 Å². The van der Waals surface area contributed by atoms with Gasteiger partial charge in [0, 0.05) is 19.6 Å². The predicted molar refractivity (Wildman–Crippen MR) is 151 cm³/mol. The van der Waals surface area contributed by atoms with Crippen LogP contribution in [0.25, 0.3) is 0 Å². The topological polar surface area (TPSA) is 146 Å². The lowest BCUT2D eigenvalue weighted by molar-refractivity contribution is -0.118. The van der Waals surface area contributed by atoms with E-state index in [1.54, 1.807) is 7.11 Å². The molecule has 1 aromatic heterocycles. The maximum absolute atomic E-state index is 12.0. The summed E-state index contributed by atoms with van der Waals surface area (Å²) in [6.45, 7) is 8.55. The largest absolute Gasteiger partial charge is 0.497 e. The molecule has 2 aromatic carbocycles. The zero-order valence-electron chi connectivity index (χ0n) is 22.9. The molecule has 1 fully saturated rings. The van der Waals surface area contributed by atoms with Crippen molar-refractivity contribution in [1.29, 1.82) is 0 Å². The zero-order valence-corrected chi connectivity index (χ0v) is 22.9. The number of nitrogens with one attached hydrogen (secondary N) is 4. The van der Waals surface area contributed by atoms with E-state index in [0.717, 1.165) is 47.3 Å². The SMILES string of the molecule is CCN(CC)CCOc1ccc(CNc2nc(NCc3ccc(OC)cc3)nc(NN3CC(=O)NC3=O)n2)cc1. The van der Waals surface area contributed by atoms with Crippen molar-refractivity contribution in [3.05, 3.63) is 59.7 Å². The first-order chi connectivity index (χ1) is 19.4. The highest BCUT2D eigenvalue weighted by Gasteiger charge is 2.27. The Morgan fingerprint density at radius 1 is 0.850 bits per heavy atom. The standard InChI is InChI=1S/C27H35N9O4/c1-4-35(5-2)14-15-40-22-12-8-20(9-13-22)17-29-25-31-24(28-16-19-6-10-21(39-3)11-7-19)32-26(33-25)34-36-18-23(37)30-27(36)38/h6-13H,4-5,14-18H2,1-3H3,(H,30,37,38)(H3,28,29,31,32,33,34). The lowest BCUT2D eigenvalue weighted by atomic mass is 10.2. The normalized spacial score (nSPS) is 12.8. The Bertz CT molecular complexity index is 1270. The predicted octanol–water partition coefficient (Wildman–Crippen LogP) is 2.70. The van der Waals surface area contributed by atoms with Gasteiger partial charge in [-0.25, -0.2) is 9.80 Å². The first-order valence-electron chi connectivity index (χ1n) is 13.1. The van der Waals surface area contributed by atoms with Crippen LogP contribution in [0, 0.1) is 0 Å². The molecule has 1 aliphatic rings. The van der Waals surface area contributed by atoms with Crippen molar-refractivity contribution < 1.29 is 19.1 Å². The Balaban J connectivity index is 1.40. The fourth-order valence-corrected chi connectivity index (χ4v) is 3.88. The summed E-state index contributed by atoms with van der Waals surface area (Å²) in [6.07, 6.45) is 0.